The third-order valence-electron chi connectivity index (χ3n) is 3.83. The number of nitrogens with zero attached hydrogens (tertiary/aromatic N) is 1. The Bertz CT molecular complexity index is 569. The summed E-state index contributed by atoms with van der Waals surface area (Å²) in [5.74, 6) is 0.563. The van der Waals surface area contributed by atoms with Crippen molar-refractivity contribution in [1.82, 2.24) is 10.6 Å². The monoisotopic (exact) mass is 481 g/mol. The number of ether oxygens (including phenoxy) is 3. The Balaban J connectivity index is 0.00000338. The number of benzene rings is 1. The van der Waals surface area contributed by atoms with Crippen molar-refractivity contribution in [2.24, 2.45) is 4.99 Å². The average molecular weight is 481 g/mol. The van der Waals surface area contributed by atoms with Crippen molar-refractivity contribution < 1.29 is 18.6 Å². The van der Waals surface area contributed by atoms with Crippen LogP contribution in [0.25, 0.3) is 0 Å². The maximum absolute atomic E-state index is 13.9. The van der Waals surface area contributed by atoms with E-state index in [0.29, 0.717) is 32.3 Å². The van der Waals surface area contributed by atoms with Crippen molar-refractivity contribution in [3.05, 3.63) is 29.6 Å². The van der Waals surface area contributed by atoms with Crippen molar-refractivity contribution in [3.63, 3.8) is 0 Å². The zero-order valence-electron chi connectivity index (χ0n) is 15.6. The summed E-state index contributed by atoms with van der Waals surface area (Å²) < 4.78 is 30.2. The number of hydrogen-bond donors (Lipinski definition) is 2. The van der Waals surface area contributed by atoms with Gasteiger partial charge in [-0.2, -0.15) is 0 Å². The lowest BCUT2D eigenvalue weighted by Crippen LogP contribution is -2.44. The van der Waals surface area contributed by atoms with Gasteiger partial charge in [0.25, 0.3) is 0 Å². The van der Waals surface area contributed by atoms with E-state index in [1.54, 1.807) is 13.1 Å². The minimum Gasteiger partial charge on any atom is -0.491 e. The van der Waals surface area contributed by atoms with Crippen molar-refractivity contribution in [2.45, 2.75) is 39.0 Å². The van der Waals surface area contributed by atoms with Gasteiger partial charge in [-0.05, 0) is 38.0 Å². The van der Waals surface area contributed by atoms with Crippen LogP contribution < -0.4 is 15.4 Å². The highest BCUT2D eigenvalue weighted by Gasteiger charge is 2.17. The number of aliphatic imine (C=N–C) groups is 1. The first kappa shape index (κ1) is 22.9. The fraction of sp³-hybridized carbons (Fsp3) is 0.611. The number of nitrogens with one attached hydrogen (secondary N) is 2. The quantitative estimate of drug-likeness (QED) is 0.340. The minimum absolute atomic E-state index is 0. The second-order valence-electron chi connectivity index (χ2n) is 5.99. The lowest BCUT2D eigenvalue weighted by Gasteiger charge is -2.19. The van der Waals surface area contributed by atoms with Crippen LogP contribution in [0.15, 0.2) is 23.2 Å². The average Bonchev–Trinajstić information content (AvgIpc) is 3.12. The Morgan fingerprint density at radius 2 is 2.27 bits per heavy atom. The molecule has 0 amide bonds. The third-order valence-corrected chi connectivity index (χ3v) is 3.83. The second kappa shape index (κ2) is 12.3. The van der Waals surface area contributed by atoms with Gasteiger partial charge in [0, 0.05) is 26.2 Å². The highest BCUT2D eigenvalue weighted by atomic mass is 127. The number of rotatable bonds is 8. The largest absolute Gasteiger partial charge is 0.491 e. The van der Waals surface area contributed by atoms with Gasteiger partial charge in [0.1, 0.15) is 0 Å². The zero-order valence-corrected chi connectivity index (χ0v) is 17.9. The Hall–Kier alpha value is -1.13. The molecule has 0 saturated carbocycles. The van der Waals surface area contributed by atoms with E-state index in [9.17, 15) is 4.39 Å². The lowest BCUT2D eigenvalue weighted by atomic mass is 10.2. The van der Waals surface area contributed by atoms with Crippen molar-refractivity contribution in [3.8, 4) is 5.75 Å². The summed E-state index contributed by atoms with van der Waals surface area (Å²) in [6.07, 6.45) is 1.13. The molecule has 26 heavy (non-hydrogen) atoms. The molecule has 1 aliphatic rings. The van der Waals surface area contributed by atoms with Gasteiger partial charge in [-0.25, -0.2) is 4.39 Å². The van der Waals surface area contributed by atoms with Crippen LogP contribution >= 0.6 is 24.0 Å². The van der Waals surface area contributed by atoms with Gasteiger partial charge in [0.2, 0.25) is 0 Å². The first-order valence-electron chi connectivity index (χ1n) is 8.70. The highest BCUT2D eigenvalue weighted by molar-refractivity contribution is 14.0. The van der Waals surface area contributed by atoms with Crippen LogP contribution in [0.1, 0.15) is 25.8 Å². The lowest BCUT2D eigenvalue weighted by molar-refractivity contribution is 0.0347. The molecule has 2 rings (SSSR count). The van der Waals surface area contributed by atoms with E-state index >= 15 is 0 Å². The van der Waals surface area contributed by atoms with Gasteiger partial charge < -0.3 is 24.8 Å². The van der Waals surface area contributed by atoms with Crippen LogP contribution in [0.5, 0.6) is 5.75 Å². The molecular formula is C18H29FIN3O3. The van der Waals surface area contributed by atoms with E-state index in [-0.39, 0.29) is 47.7 Å². The van der Waals surface area contributed by atoms with E-state index in [0.717, 1.165) is 18.6 Å². The smallest absolute Gasteiger partial charge is 0.191 e. The van der Waals surface area contributed by atoms with Crippen LogP contribution in [-0.4, -0.2) is 51.6 Å². The maximum atomic E-state index is 13.9. The molecule has 1 aliphatic heterocycles. The van der Waals surface area contributed by atoms with E-state index in [2.05, 4.69) is 15.6 Å². The fourth-order valence-electron chi connectivity index (χ4n) is 2.51. The van der Waals surface area contributed by atoms with E-state index < -0.39 is 0 Å². The Morgan fingerprint density at radius 1 is 1.46 bits per heavy atom. The minimum atomic E-state index is -0.357. The van der Waals surface area contributed by atoms with Gasteiger partial charge in [0.05, 0.1) is 25.9 Å². The fourth-order valence-corrected chi connectivity index (χ4v) is 2.51. The normalized spacial score (nSPS) is 18.2. The molecule has 0 aromatic heterocycles. The molecule has 2 N–H and O–H groups in total. The van der Waals surface area contributed by atoms with Crippen molar-refractivity contribution in [2.75, 3.05) is 33.5 Å². The molecule has 1 aromatic rings. The molecule has 2 atom stereocenters. The predicted molar refractivity (Wildman–Crippen MR) is 111 cm³/mol. The molecule has 1 saturated heterocycles. The van der Waals surface area contributed by atoms with Crippen molar-refractivity contribution in [1.29, 1.82) is 0 Å². The first-order chi connectivity index (χ1) is 12.1. The third kappa shape index (κ3) is 7.63. The van der Waals surface area contributed by atoms with Gasteiger partial charge in [-0.15, -0.1) is 24.0 Å². The second-order valence-corrected chi connectivity index (χ2v) is 5.99. The maximum Gasteiger partial charge on any atom is 0.191 e. The van der Waals surface area contributed by atoms with Crippen LogP contribution in [0.2, 0.25) is 0 Å². The molecule has 0 bridgehead atoms. The number of halogens is 2. The predicted octanol–water partition coefficient (Wildman–Crippen LogP) is 2.70. The van der Waals surface area contributed by atoms with Crippen molar-refractivity contribution >= 4 is 29.9 Å². The topological polar surface area (TPSA) is 64.1 Å². The highest BCUT2D eigenvalue weighted by Crippen LogP contribution is 2.18. The summed E-state index contributed by atoms with van der Waals surface area (Å²) in [6, 6.07) is 5.05. The van der Waals surface area contributed by atoms with E-state index in [4.69, 9.17) is 14.2 Å². The Labute approximate surface area is 171 Å². The molecule has 6 nitrogen and oxygen atoms in total. The van der Waals surface area contributed by atoms with Crippen LogP contribution in [0.4, 0.5) is 4.39 Å². The summed E-state index contributed by atoms with van der Waals surface area (Å²) in [7, 11) is 1.70. The van der Waals surface area contributed by atoms with Crippen LogP contribution in [0, 0.1) is 5.82 Å². The molecule has 1 fully saturated rings. The summed E-state index contributed by atoms with van der Waals surface area (Å²) in [6.45, 7) is 6.78. The van der Waals surface area contributed by atoms with Crippen LogP contribution in [-0.2, 0) is 16.0 Å². The molecule has 8 heteroatoms. The molecule has 0 radical (unpaired) electrons. The van der Waals surface area contributed by atoms with Gasteiger partial charge >= 0.3 is 0 Å². The van der Waals surface area contributed by atoms with Gasteiger partial charge in [-0.1, -0.05) is 6.07 Å². The molecule has 0 spiro atoms. The van der Waals surface area contributed by atoms with Gasteiger partial charge in [-0.3, -0.25) is 4.99 Å². The van der Waals surface area contributed by atoms with Gasteiger partial charge in [0.15, 0.2) is 17.5 Å². The Kier molecular flexibility index (Phi) is 10.8. The molecule has 1 heterocycles. The van der Waals surface area contributed by atoms with Crippen LogP contribution in [0.3, 0.4) is 0 Å². The van der Waals surface area contributed by atoms with E-state index in [1.165, 1.54) is 6.07 Å². The summed E-state index contributed by atoms with van der Waals surface area (Å²) in [4.78, 5) is 4.19. The number of guanidine groups is 1. The molecule has 1 aromatic carbocycles. The standard InChI is InChI=1S/C18H28FN3O3.HI/c1-4-24-17-6-5-14(9-16(17)19)10-21-18(20-3)22-13(2)11-25-15-7-8-23-12-15;/h5-6,9,13,15H,4,7-8,10-12H2,1-3H3,(H2,20,21,22);1H. The summed E-state index contributed by atoms with van der Waals surface area (Å²) >= 11 is 0. The summed E-state index contributed by atoms with van der Waals surface area (Å²) in [5.41, 5.74) is 0.816. The summed E-state index contributed by atoms with van der Waals surface area (Å²) in [5, 5.41) is 6.44. The molecular weight excluding hydrogens is 452 g/mol. The Morgan fingerprint density at radius 3 is 2.88 bits per heavy atom. The first-order valence-corrected chi connectivity index (χ1v) is 8.70. The molecule has 0 aliphatic carbocycles. The molecule has 148 valence electrons. The zero-order chi connectivity index (χ0) is 18.1. The molecule has 2 unspecified atom stereocenters. The van der Waals surface area contributed by atoms with E-state index in [1.807, 2.05) is 19.9 Å². The number of hydrogen-bond acceptors (Lipinski definition) is 4. The SMILES string of the molecule is CCOc1ccc(CNC(=NC)NC(C)COC2CCOC2)cc1F.I.